The van der Waals surface area contributed by atoms with Crippen LogP contribution in [0.25, 0.3) is 0 Å². The summed E-state index contributed by atoms with van der Waals surface area (Å²) in [5.41, 5.74) is 0. The van der Waals surface area contributed by atoms with Crippen LogP contribution in [0.3, 0.4) is 0 Å². The van der Waals surface area contributed by atoms with Crippen LogP contribution in [0.15, 0.2) is 0 Å². The Kier molecular flexibility index (Phi) is 8.64. The Morgan fingerprint density at radius 3 is 2.72 bits per heavy atom. The molecule has 0 bridgehead atoms. The number of likely N-dealkylation sites (tertiary alicyclic amines) is 1. The Labute approximate surface area is 115 Å². The molecule has 0 aromatic rings. The molecule has 0 radical (unpaired) electrons. The van der Waals surface area contributed by atoms with E-state index in [9.17, 15) is 0 Å². The molecule has 3 nitrogen and oxygen atoms in total. The Morgan fingerprint density at radius 2 is 2.11 bits per heavy atom. The molecule has 1 unspecified atom stereocenters. The van der Waals surface area contributed by atoms with Crippen molar-refractivity contribution in [2.75, 3.05) is 46.4 Å². The van der Waals surface area contributed by atoms with E-state index in [1.165, 1.54) is 38.9 Å². The zero-order valence-corrected chi connectivity index (χ0v) is 12.6. The molecule has 3 heteroatoms. The normalized spacial score (nSPS) is 20.2. The fourth-order valence-electron chi connectivity index (χ4n) is 2.51. The highest BCUT2D eigenvalue weighted by Gasteiger charge is 2.19. The summed E-state index contributed by atoms with van der Waals surface area (Å²) in [6.45, 7) is 11.4. The second-order valence-corrected chi connectivity index (χ2v) is 5.79. The Balaban J connectivity index is 0.00000324. The SMILES string of the molecule is CCC(C)CN1CCC(COCCCNC)CC1.[HH]. The van der Waals surface area contributed by atoms with Crippen molar-refractivity contribution >= 4 is 0 Å². The molecule has 0 spiro atoms. The van der Waals surface area contributed by atoms with Crippen molar-refractivity contribution in [2.45, 2.75) is 39.5 Å². The molecular formula is C15H34N2O. The average molecular weight is 258 g/mol. The summed E-state index contributed by atoms with van der Waals surface area (Å²) in [6.07, 6.45) is 5.07. The van der Waals surface area contributed by atoms with Gasteiger partial charge in [-0.25, -0.2) is 0 Å². The van der Waals surface area contributed by atoms with E-state index < -0.39 is 0 Å². The highest BCUT2D eigenvalue weighted by Crippen LogP contribution is 2.19. The maximum Gasteiger partial charge on any atom is 0.0495 e. The van der Waals surface area contributed by atoms with Crippen LogP contribution in [-0.2, 0) is 4.74 Å². The van der Waals surface area contributed by atoms with Crippen LogP contribution in [0.5, 0.6) is 0 Å². The van der Waals surface area contributed by atoms with E-state index in [1.807, 2.05) is 7.05 Å². The number of rotatable bonds is 9. The van der Waals surface area contributed by atoms with Gasteiger partial charge in [0.15, 0.2) is 0 Å². The second kappa shape index (κ2) is 9.76. The Hall–Kier alpha value is -0.120. The van der Waals surface area contributed by atoms with Crippen molar-refractivity contribution in [1.82, 2.24) is 10.2 Å². The van der Waals surface area contributed by atoms with Crippen LogP contribution < -0.4 is 5.32 Å². The van der Waals surface area contributed by atoms with Crippen molar-refractivity contribution < 1.29 is 6.16 Å². The smallest absolute Gasteiger partial charge is 0.0495 e. The van der Waals surface area contributed by atoms with Crippen LogP contribution in [0.4, 0.5) is 0 Å². The fraction of sp³-hybridized carbons (Fsp3) is 1.00. The minimum atomic E-state index is 0. The molecule has 1 N–H and O–H groups in total. The molecule has 0 saturated carbocycles. The summed E-state index contributed by atoms with van der Waals surface area (Å²) >= 11 is 0. The molecule has 1 saturated heterocycles. The zero-order valence-electron chi connectivity index (χ0n) is 12.6. The summed E-state index contributed by atoms with van der Waals surface area (Å²) in [7, 11) is 1.99. The van der Waals surface area contributed by atoms with Crippen LogP contribution in [0.1, 0.15) is 41.0 Å². The molecule has 18 heavy (non-hydrogen) atoms. The van der Waals surface area contributed by atoms with Gasteiger partial charge in [0.25, 0.3) is 0 Å². The van der Waals surface area contributed by atoms with Gasteiger partial charge in [0.05, 0.1) is 0 Å². The number of hydrogen-bond acceptors (Lipinski definition) is 3. The zero-order chi connectivity index (χ0) is 13.2. The minimum Gasteiger partial charge on any atom is -0.381 e. The molecule has 0 amide bonds. The van der Waals surface area contributed by atoms with Gasteiger partial charge in [-0.2, -0.15) is 0 Å². The summed E-state index contributed by atoms with van der Waals surface area (Å²) in [4.78, 5) is 2.63. The largest absolute Gasteiger partial charge is 0.381 e. The van der Waals surface area contributed by atoms with E-state index in [4.69, 9.17) is 4.74 Å². The molecule has 1 rings (SSSR count). The van der Waals surface area contributed by atoms with Crippen LogP contribution in [0, 0.1) is 11.8 Å². The van der Waals surface area contributed by atoms with Gasteiger partial charge in [-0.05, 0) is 57.8 Å². The molecule has 1 atom stereocenters. The van der Waals surface area contributed by atoms with Crippen molar-refractivity contribution in [3.05, 3.63) is 0 Å². The number of piperidine rings is 1. The third kappa shape index (κ3) is 6.72. The quantitative estimate of drug-likeness (QED) is 0.643. The van der Waals surface area contributed by atoms with Crippen LogP contribution in [-0.4, -0.2) is 51.3 Å². The summed E-state index contributed by atoms with van der Waals surface area (Å²) in [5, 5.41) is 3.15. The van der Waals surface area contributed by atoms with Crippen LogP contribution in [0.2, 0.25) is 0 Å². The monoisotopic (exact) mass is 258 g/mol. The number of ether oxygens (including phenoxy) is 1. The first-order valence-electron chi connectivity index (χ1n) is 7.71. The first-order valence-corrected chi connectivity index (χ1v) is 7.71. The first kappa shape index (κ1) is 15.9. The van der Waals surface area contributed by atoms with Crippen LogP contribution >= 0.6 is 0 Å². The van der Waals surface area contributed by atoms with E-state index in [1.54, 1.807) is 0 Å². The van der Waals surface area contributed by atoms with Gasteiger partial charge in [-0.15, -0.1) is 0 Å². The lowest BCUT2D eigenvalue weighted by atomic mass is 9.96. The maximum absolute atomic E-state index is 5.75. The molecule has 110 valence electrons. The second-order valence-electron chi connectivity index (χ2n) is 5.79. The Bertz CT molecular complexity index is 197. The lowest BCUT2D eigenvalue weighted by molar-refractivity contribution is 0.0628. The number of nitrogens with one attached hydrogen (secondary N) is 1. The number of hydrogen-bond donors (Lipinski definition) is 1. The predicted molar refractivity (Wildman–Crippen MR) is 80.1 cm³/mol. The van der Waals surface area contributed by atoms with Gasteiger partial charge < -0.3 is 15.0 Å². The van der Waals surface area contributed by atoms with Gasteiger partial charge in [-0.3, -0.25) is 0 Å². The van der Waals surface area contributed by atoms with E-state index in [0.717, 1.165) is 38.0 Å². The molecule has 1 fully saturated rings. The molecule has 1 aliphatic heterocycles. The lowest BCUT2D eigenvalue weighted by Gasteiger charge is -2.33. The predicted octanol–water partition coefficient (Wildman–Crippen LogP) is 2.62. The average Bonchev–Trinajstić information content (AvgIpc) is 2.40. The molecule has 0 aromatic heterocycles. The summed E-state index contributed by atoms with van der Waals surface area (Å²) in [5.74, 6) is 1.65. The van der Waals surface area contributed by atoms with Crippen molar-refractivity contribution in [3.63, 3.8) is 0 Å². The molecule has 1 heterocycles. The summed E-state index contributed by atoms with van der Waals surface area (Å²) in [6, 6.07) is 0. The molecular weight excluding hydrogens is 224 g/mol. The lowest BCUT2D eigenvalue weighted by Crippen LogP contribution is -2.37. The minimum absolute atomic E-state index is 0. The van der Waals surface area contributed by atoms with Gasteiger partial charge in [0.2, 0.25) is 0 Å². The molecule has 0 aromatic carbocycles. The Morgan fingerprint density at radius 1 is 1.39 bits per heavy atom. The van der Waals surface area contributed by atoms with E-state index in [2.05, 4.69) is 24.1 Å². The first-order chi connectivity index (χ1) is 8.76. The molecule has 1 aliphatic rings. The van der Waals surface area contributed by atoms with Gasteiger partial charge >= 0.3 is 0 Å². The van der Waals surface area contributed by atoms with E-state index in [-0.39, 0.29) is 1.43 Å². The molecule has 0 aliphatic carbocycles. The van der Waals surface area contributed by atoms with Gasteiger partial charge in [0, 0.05) is 21.2 Å². The fourth-order valence-corrected chi connectivity index (χ4v) is 2.51. The van der Waals surface area contributed by atoms with Gasteiger partial charge in [-0.1, -0.05) is 20.3 Å². The third-order valence-corrected chi connectivity index (χ3v) is 4.04. The van der Waals surface area contributed by atoms with E-state index >= 15 is 0 Å². The van der Waals surface area contributed by atoms with Gasteiger partial charge in [0.1, 0.15) is 0 Å². The number of nitrogens with zero attached hydrogens (tertiary/aromatic N) is 1. The summed E-state index contributed by atoms with van der Waals surface area (Å²) < 4.78 is 5.75. The third-order valence-electron chi connectivity index (χ3n) is 4.04. The standard InChI is InChI=1S/C15H32N2O.H2/c1-4-14(2)12-17-9-6-15(7-10-17)13-18-11-5-8-16-3;/h14-16H,4-13H2,1-3H3;1H. The highest BCUT2D eigenvalue weighted by atomic mass is 16.5. The van der Waals surface area contributed by atoms with Crippen molar-refractivity contribution in [2.24, 2.45) is 11.8 Å². The topological polar surface area (TPSA) is 24.5 Å². The van der Waals surface area contributed by atoms with E-state index in [0.29, 0.717) is 0 Å². The highest BCUT2D eigenvalue weighted by molar-refractivity contribution is 4.73. The van der Waals surface area contributed by atoms with Crippen molar-refractivity contribution in [3.8, 4) is 0 Å². The maximum atomic E-state index is 5.75. The van der Waals surface area contributed by atoms with Crippen molar-refractivity contribution in [1.29, 1.82) is 0 Å².